The number of carbonyl (C=O) groups is 3. The van der Waals surface area contributed by atoms with Crippen LogP contribution in [0.25, 0.3) is 12.2 Å². The Morgan fingerprint density at radius 3 is 2.20 bits per heavy atom. The summed E-state index contributed by atoms with van der Waals surface area (Å²) in [5.74, 6) is -4.11. The van der Waals surface area contributed by atoms with E-state index in [9.17, 15) is 29.6 Å². The highest BCUT2D eigenvalue weighted by atomic mass is 16.6. The predicted molar refractivity (Wildman–Crippen MR) is 153 cm³/mol. The van der Waals surface area contributed by atoms with E-state index in [0.717, 1.165) is 17.5 Å². The van der Waals surface area contributed by atoms with Gasteiger partial charge in [0.2, 0.25) is 11.8 Å². The highest BCUT2D eigenvalue weighted by molar-refractivity contribution is 6.09. The number of hydrogen-bond acceptors (Lipinski definition) is 6. The number of amides is 2. The Hall–Kier alpha value is -4.63. The van der Waals surface area contributed by atoms with Crippen LogP contribution in [0, 0.1) is 22.0 Å². The van der Waals surface area contributed by atoms with Crippen molar-refractivity contribution < 1.29 is 24.4 Å². The third-order valence-electron chi connectivity index (χ3n) is 8.06. The number of imide groups is 1. The Labute approximate surface area is 237 Å². The number of nitrogens with one attached hydrogen (secondary N) is 1. The SMILES string of the molecule is CCCCN1C(=O)C2C(c3ccc(C=Cc4ccccc4)cc3)NC(Cc3ccc([N+](=O)[O-])cc3)(C(=O)O)C2C1=O. The lowest BCUT2D eigenvalue weighted by molar-refractivity contribution is -0.384. The molecule has 0 saturated carbocycles. The van der Waals surface area contributed by atoms with Crippen LogP contribution >= 0.6 is 0 Å². The second kappa shape index (κ2) is 11.5. The molecule has 2 saturated heterocycles. The molecule has 2 aliphatic heterocycles. The number of fused-ring (bicyclic) bond motifs is 1. The molecule has 2 aliphatic rings. The van der Waals surface area contributed by atoms with Gasteiger partial charge in [-0.3, -0.25) is 34.7 Å². The van der Waals surface area contributed by atoms with E-state index in [-0.39, 0.29) is 24.6 Å². The molecule has 0 radical (unpaired) electrons. The van der Waals surface area contributed by atoms with Crippen LogP contribution in [-0.2, 0) is 20.8 Å². The van der Waals surface area contributed by atoms with Gasteiger partial charge in [-0.25, -0.2) is 0 Å². The molecule has 4 unspecified atom stereocenters. The van der Waals surface area contributed by atoms with Crippen LogP contribution < -0.4 is 5.32 Å². The minimum Gasteiger partial charge on any atom is -0.480 e. The van der Waals surface area contributed by atoms with E-state index in [1.165, 1.54) is 29.2 Å². The summed E-state index contributed by atoms with van der Waals surface area (Å²) in [5, 5.41) is 24.9. The summed E-state index contributed by atoms with van der Waals surface area (Å²) < 4.78 is 0. The number of nitro groups is 1. The fourth-order valence-electron chi connectivity index (χ4n) is 5.95. The number of aliphatic carboxylic acids is 1. The maximum Gasteiger partial charge on any atom is 0.325 e. The fraction of sp³-hybridized carbons (Fsp3) is 0.281. The number of likely N-dealkylation sites (tertiary alicyclic amines) is 1. The first-order valence-electron chi connectivity index (χ1n) is 13.7. The van der Waals surface area contributed by atoms with E-state index in [4.69, 9.17) is 0 Å². The third-order valence-corrected chi connectivity index (χ3v) is 8.06. The minimum atomic E-state index is -1.77. The van der Waals surface area contributed by atoms with Gasteiger partial charge in [0.25, 0.3) is 5.69 Å². The van der Waals surface area contributed by atoms with Crippen molar-refractivity contribution in [1.82, 2.24) is 10.2 Å². The summed E-state index contributed by atoms with van der Waals surface area (Å²) >= 11 is 0. The molecule has 9 heteroatoms. The first-order valence-corrected chi connectivity index (χ1v) is 13.7. The molecule has 5 rings (SSSR count). The average Bonchev–Trinajstić information content (AvgIpc) is 3.45. The van der Waals surface area contributed by atoms with Crippen molar-refractivity contribution in [1.29, 1.82) is 0 Å². The van der Waals surface area contributed by atoms with E-state index in [0.29, 0.717) is 17.5 Å². The minimum absolute atomic E-state index is 0.115. The molecule has 210 valence electrons. The lowest BCUT2D eigenvalue weighted by Gasteiger charge is -2.31. The second-order valence-electron chi connectivity index (χ2n) is 10.6. The van der Waals surface area contributed by atoms with Crippen LogP contribution in [-0.4, -0.2) is 44.8 Å². The van der Waals surface area contributed by atoms with Gasteiger partial charge in [0, 0.05) is 31.1 Å². The predicted octanol–water partition coefficient (Wildman–Crippen LogP) is 4.88. The van der Waals surface area contributed by atoms with Crippen LogP contribution in [0.1, 0.15) is 48.1 Å². The number of non-ortho nitro benzene ring substituents is 1. The van der Waals surface area contributed by atoms with Gasteiger partial charge in [-0.2, -0.15) is 0 Å². The smallest absolute Gasteiger partial charge is 0.325 e. The second-order valence-corrected chi connectivity index (χ2v) is 10.6. The summed E-state index contributed by atoms with van der Waals surface area (Å²) in [7, 11) is 0. The highest BCUT2D eigenvalue weighted by Crippen LogP contribution is 2.50. The Morgan fingerprint density at radius 1 is 0.976 bits per heavy atom. The molecule has 2 fully saturated rings. The molecule has 2 N–H and O–H groups in total. The number of benzene rings is 3. The molecule has 4 atom stereocenters. The first-order chi connectivity index (χ1) is 19.7. The molecule has 0 spiro atoms. The van der Waals surface area contributed by atoms with Gasteiger partial charge < -0.3 is 5.11 Å². The normalized spacial score (nSPS) is 23.7. The van der Waals surface area contributed by atoms with E-state index in [2.05, 4.69) is 5.32 Å². The largest absolute Gasteiger partial charge is 0.480 e. The van der Waals surface area contributed by atoms with E-state index in [1.807, 2.05) is 73.7 Å². The van der Waals surface area contributed by atoms with Crippen molar-refractivity contribution >= 4 is 35.6 Å². The van der Waals surface area contributed by atoms with Crippen molar-refractivity contribution in [3.05, 3.63) is 111 Å². The molecule has 9 nitrogen and oxygen atoms in total. The van der Waals surface area contributed by atoms with Crippen molar-refractivity contribution in [3.8, 4) is 0 Å². The number of nitro benzene ring substituents is 1. The topological polar surface area (TPSA) is 130 Å². The van der Waals surface area contributed by atoms with Gasteiger partial charge >= 0.3 is 5.97 Å². The van der Waals surface area contributed by atoms with Gasteiger partial charge in [-0.1, -0.05) is 92.2 Å². The third kappa shape index (κ3) is 5.28. The summed E-state index contributed by atoms with van der Waals surface area (Å²) in [6.07, 6.45) is 5.25. The highest BCUT2D eigenvalue weighted by Gasteiger charge is 2.68. The Morgan fingerprint density at radius 2 is 1.61 bits per heavy atom. The molecule has 2 heterocycles. The van der Waals surface area contributed by atoms with Crippen LogP contribution in [0.4, 0.5) is 5.69 Å². The van der Waals surface area contributed by atoms with Crippen LogP contribution in [0.2, 0.25) is 0 Å². The van der Waals surface area contributed by atoms with Crippen LogP contribution in [0.3, 0.4) is 0 Å². The number of unbranched alkanes of at least 4 members (excludes halogenated alkanes) is 1. The van der Waals surface area contributed by atoms with Gasteiger partial charge in [-0.15, -0.1) is 0 Å². The molecule has 41 heavy (non-hydrogen) atoms. The number of carboxylic acids is 1. The maximum absolute atomic E-state index is 13.7. The molecule has 2 amide bonds. The van der Waals surface area contributed by atoms with Crippen molar-refractivity contribution in [2.75, 3.05) is 6.54 Å². The quantitative estimate of drug-likeness (QED) is 0.158. The Kier molecular flexibility index (Phi) is 7.81. The van der Waals surface area contributed by atoms with Crippen molar-refractivity contribution in [2.24, 2.45) is 11.8 Å². The summed E-state index contributed by atoms with van der Waals surface area (Å²) in [6.45, 7) is 2.20. The molecule has 0 aromatic heterocycles. The standard InChI is InChI=1S/C32H31N3O6/c1-2-3-19-34-29(36)26-27(30(34)37)32(31(38)39,20-23-13-17-25(18-14-23)35(40)41)33-28(26)24-15-11-22(12-16-24)10-9-21-7-5-4-6-8-21/h4-18,26-28,33H,2-3,19-20H2,1H3,(H,38,39). The monoisotopic (exact) mass is 553 g/mol. The molecule has 0 aliphatic carbocycles. The number of carbonyl (C=O) groups excluding carboxylic acids is 2. The van der Waals surface area contributed by atoms with Crippen molar-refractivity contribution in [2.45, 2.75) is 37.8 Å². The van der Waals surface area contributed by atoms with E-state index < -0.39 is 40.2 Å². The van der Waals surface area contributed by atoms with E-state index in [1.54, 1.807) is 0 Å². The Bertz CT molecular complexity index is 1490. The van der Waals surface area contributed by atoms with E-state index >= 15 is 0 Å². The fourth-order valence-corrected chi connectivity index (χ4v) is 5.95. The number of hydrogen-bond donors (Lipinski definition) is 2. The molecule has 3 aromatic carbocycles. The molecular formula is C32H31N3O6. The zero-order valence-electron chi connectivity index (χ0n) is 22.6. The average molecular weight is 554 g/mol. The molecule has 3 aromatic rings. The number of rotatable bonds is 10. The zero-order valence-corrected chi connectivity index (χ0v) is 22.6. The van der Waals surface area contributed by atoms with Gasteiger partial charge in [0.15, 0.2) is 0 Å². The summed E-state index contributed by atoms with van der Waals surface area (Å²) in [5.41, 5.74) is 1.32. The zero-order chi connectivity index (χ0) is 29.1. The van der Waals surface area contributed by atoms with Crippen LogP contribution in [0.5, 0.6) is 0 Å². The van der Waals surface area contributed by atoms with Gasteiger partial charge in [0.05, 0.1) is 16.8 Å². The molecular weight excluding hydrogens is 522 g/mol. The Balaban J connectivity index is 1.50. The lowest BCUT2D eigenvalue weighted by atomic mass is 9.76. The lowest BCUT2D eigenvalue weighted by Crippen LogP contribution is -2.57. The number of nitrogens with zero attached hydrogens (tertiary/aromatic N) is 2. The summed E-state index contributed by atoms with van der Waals surface area (Å²) in [4.78, 5) is 52.2. The molecule has 0 bridgehead atoms. The number of carboxylic acid groups (broad SMARTS) is 1. The van der Waals surface area contributed by atoms with Gasteiger partial charge in [-0.05, 0) is 28.7 Å². The van der Waals surface area contributed by atoms with Crippen LogP contribution in [0.15, 0.2) is 78.9 Å². The summed E-state index contributed by atoms with van der Waals surface area (Å²) in [6, 6.07) is 22.3. The van der Waals surface area contributed by atoms with Gasteiger partial charge in [0.1, 0.15) is 5.54 Å². The maximum atomic E-state index is 13.7. The van der Waals surface area contributed by atoms with Crippen molar-refractivity contribution in [3.63, 3.8) is 0 Å². The first kappa shape index (κ1) is 27.9.